The fraction of sp³-hybridized carbons (Fsp3) is 0.900. The third-order valence-corrected chi connectivity index (χ3v) is 4.47. The lowest BCUT2D eigenvalue weighted by Gasteiger charge is -2.21. The van der Waals surface area contributed by atoms with E-state index < -0.39 is 26.7 Å². The van der Waals surface area contributed by atoms with Gasteiger partial charge >= 0.3 is 5.97 Å². The van der Waals surface area contributed by atoms with E-state index in [4.69, 9.17) is 5.11 Å². The van der Waals surface area contributed by atoms with Crippen LogP contribution < -0.4 is 4.72 Å². The van der Waals surface area contributed by atoms with Crippen molar-refractivity contribution in [2.75, 3.05) is 6.54 Å². The van der Waals surface area contributed by atoms with Crippen LogP contribution in [0.3, 0.4) is 0 Å². The number of carbonyl (C=O) groups is 1. The summed E-state index contributed by atoms with van der Waals surface area (Å²) in [6, 6.07) is 0. The average Bonchev–Trinajstić information content (AvgIpc) is 2.09. The Kier molecular flexibility index (Phi) is 5.41. The van der Waals surface area contributed by atoms with Gasteiger partial charge in [0, 0.05) is 6.54 Å². The van der Waals surface area contributed by atoms with Crippen LogP contribution in [0.1, 0.15) is 40.5 Å². The molecule has 5 nitrogen and oxygen atoms in total. The molecule has 1 unspecified atom stereocenters. The smallest absolute Gasteiger partial charge is 0.307 e. The maximum Gasteiger partial charge on any atom is 0.307 e. The minimum absolute atomic E-state index is 0.0389. The Bertz CT molecular complexity index is 329. The van der Waals surface area contributed by atoms with Gasteiger partial charge in [-0.05, 0) is 27.2 Å². The van der Waals surface area contributed by atoms with E-state index in [9.17, 15) is 13.2 Å². The minimum atomic E-state index is -3.46. The number of nitrogens with one attached hydrogen (secondary N) is 1. The first-order valence-electron chi connectivity index (χ1n) is 5.34. The van der Waals surface area contributed by atoms with Crippen molar-refractivity contribution in [2.45, 2.75) is 45.3 Å². The second kappa shape index (κ2) is 5.63. The zero-order valence-electron chi connectivity index (χ0n) is 10.3. The SMILES string of the molecule is CCCC(CNS(=O)(=O)C(C)(C)C)C(=O)O. The highest BCUT2D eigenvalue weighted by atomic mass is 32.2. The quantitative estimate of drug-likeness (QED) is 0.743. The molecule has 16 heavy (non-hydrogen) atoms. The van der Waals surface area contributed by atoms with E-state index in [1.54, 1.807) is 20.8 Å². The van der Waals surface area contributed by atoms with Crippen LogP contribution in [0.5, 0.6) is 0 Å². The Balaban J connectivity index is 4.49. The molecule has 0 fully saturated rings. The van der Waals surface area contributed by atoms with Gasteiger partial charge in [-0.1, -0.05) is 13.3 Å². The largest absolute Gasteiger partial charge is 0.481 e. The zero-order valence-corrected chi connectivity index (χ0v) is 11.1. The standard InChI is InChI=1S/C10H21NO4S/c1-5-6-8(9(12)13)7-11-16(14,15)10(2,3)4/h8,11H,5-7H2,1-4H3,(H,12,13). The third-order valence-electron chi connectivity index (χ3n) is 2.31. The van der Waals surface area contributed by atoms with Crippen LogP contribution in [0.2, 0.25) is 0 Å². The van der Waals surface area contributed by atoms with Crippen molar-refractivity contribution in [1.29, 1.82) is 0 Å². The second-order valence-electron chi connectivity index (χ2n) is 4.79. The molecular formula is C10H21NO4S. The van der Waals surface area contributed by atoms with Crippen LogP contribution in [0.15, 0.2) is 0 Å². The molecule has 0 saturated carbocycles. The van der Waals surface area contributed by atoms with Gasteiger partial charge < -0.3 is 5.11 Å². The van der Waals surface area contributed by atoms with E-state index in [1.165, 1.54) is 0 Å². The molecular weight excluding hydrogens is 230 g/mol. The van der Waals surface area contributed by atoms with E-state index in [2.05, 4.69) is 4.72 Å². The number of carboxylic acid groups (broad SMARTS) is 1. The molecule has 0 aliphatic heterocycles. The normalized spacial score (nSPS) is 14.8. The van der Waals surface area contributed by atoms with Gasteiger partial charge in [0.05, 0.1) is 10.7 Å². The molecule has 0 aromatic heterocycles. The summed E-state index contributed by atoms with van der Waals surface area (Å²) < 4.78 is 24.8. The van der Waals surface area contributed by atoms with Gasteiger partial charge in [0.15, 0.2) is 0 Å². The van der Waals surface area contributed by atoms with Crippen LogP contribution in [0.4, 0.5) is 0 Å². The number of hydrogen-bond acceptors (Lipinski definition) is 3. The maximum absolute atomic E-state index is 11.7. The molecule has 2 N–H and O–H groups in total. The molecule has 0 saturated heterocycles. The average molecular weight is 251 g/mol. The maximum atomic E-state index is 11.7. The Hall–Kier alpha value is -0.620. The van der Waals surface area contributed by atoms with E-state index in [1.807, 2.05) is 6.92 Å². The fourth-order valence-electron chi connectivity index (χ4n) is 1.09. The van der Waals surface area contributed by atoms with Crippen LogP contribution in [-0.4, -0.2) is 30.8 Å². The van der Waals surface area contributed by atoms with E-state index >= 15 is 0 Å². The highest BCUT2D eigenvalue weighted by Gasteiger charge is 2.30. The minimum Gasteiger partial charge on any atom is -0.481 e. The van der Waals surface area contributed by atoms with Crippen molar-refractivity contribution in [3.8, 4) is 0 Å². The molecule has 0 rings (SSSR count). The molecule has 0 aliphatic carbocycles. The Labute approximate surface area is 97.3 Å². The molecule has 0 radical (unpaired) electrons. The summed E-state index contributed by atoms with van der Waals surface area (Å²) in [5.74, 6) is -1.61. The summed E-state index contributed by atoms with van der Waals surface area (Å²) in [4.78, 5) is 10.8. The van der Waals surface area contributed by atoms with Crippen molar-refractivity contribution < 1.29 is 18.3 Å². The number of aliphatic carboxylic acids is 1. The van der Waals surface area contributed by atoms with Crippen LogP contribution in [0, 0.1) is 5.92 Å². The van der Waals surface area contributed by atoms with Gasteiger partial charge in [-0.2, -0.15) is 0 Å². The number of hydrogen-bond donors (Lipinski definition) is 2. The summed E-state index contributed by atoms with van der Waals surface area (Å²) in [7, 11) is -3.46. The van der Waals surface area contributed by atoms with Crippen LogP contribution >= 0.6 is 0 Å². The van der Waals surface area contributed by atoms with Gasteiger partial charge in [-0.25, -0.2) is 13.1 Å². The monoisotopic (exact) mass is 251 g/mol. The summed E-state index contributed by atoms with van der Waals surface area (Å²) in [6.45, 7) is 6.55. The summed E-state index contributed by atoms with van der Waals surface area (Å²) in [5.41, 5.74) is 0. The predicted octanol–water partition coefficient (Wildman–Crippen LogP) is 1.21. The summed E-state index contributed by atoms with van der Waals surface area (Å²) in [5, 5.41) is 8.87. The van der Waals surface area contributed by atoms with Crippen molar-refractivity contribution in [3.05, 3.63) is 0 Å². The zero-order chi connectivity index (χ0) is 13.0. The molecule has 0 heterocycles. The first-order chi connectivity index (χ1) is 7.12. The molecule has 1 atom stereocenters. The first-order valence-corrected chi connectivity index (χ1v) is 6.82. The van der Waals surface area contributed by atoms with E-state index in [-0.39, 0.29) is 6.54 Å². The lowest BCUT2D eigenvalue weighted by Crippen LogP contribution is -2.42. The topological polar surface area (TPSA) is 83.5 Å². The highest BCUT2D eigenvalue weighted by molar-refractivity contribution is 7.90. The van der Waals surface area contributed by atoms with Gasteiger partial charge in [-0.3, -0.25) is 4.79 Å². The molecule has 0 aromatic carbocycles. The number of sulfonamides is 1. The Morgan fingerprint density at radius 2 is 1.88 bits per heavy atom. The molecule has 0 aromatic rings. The number of carboxylic acids is 1. The molecule has 6 heteroatoms. The van der Waals surface area contributed by atoms with E-state index in [0.717, 1.165) is 0 Å². The lowest BCUT2D eigenvalue weighted by molar-refractivity contribution is -0.141. The van der Waals surface area contributed by atoms with Gasteiger partial charge in [0.25, 0.3) is 0 Å². The van der Waals surface area contributed by atoms with Gasteiger partial charge in [0.2, 0.25) is 10.0 Å². The Morgan fingerprint density at radius 3 is 2.19 bits per heavy atom. The van der Waals surface area contributed by atoms with E-state index in [0.29, 0.717) is 12.8 Å². The van der Waals surface area contributed by atoms with Crippen molar-refractivity contribution in [2.24, 2.45) is 5.92 Å². The number of rotatable bonds is 6. The molecule has 0 amide bonds. The predicted molar refractivity (Wildman–Crippen MR) is 62.7 cm³/mol. The summed E-state index contributed by atoms with van der Waals surface area (Å²) in [6.07, 6.45) is 1.19. The second-order valence-corrected chi connectivity index (χ2v) is 7.31. The van der Waals surface area contributed by atoms with Gasteiger partial charge in [0.1, 0.15) is 0 Å². The third kappa shape index (κ3) is 4.49. The lowest BCUT2D eigenvalue weighted by atomic mass is 10.1. The van der Waals surface area contributed by atoms with Crippen molar-refractivity contribution in [3.63, 3.8) is 0 Å². The summed E-state index contributed by atoms with van der Waals surface area (Å²) >= 11 is 0. The van der Waals surface area contributed by atoms with Crippen LogP contribution in [-0.2, 0) is 14.8 Å². The Morgan fingerprint density at radius 1 is 1.38 bits per heavy atom. The first kappa shape index (κ1) is 15.4. The highest BCUT2D eigenvalue weighted by Crippen LogP contribution is 2.14. The molecule has 0 spiro atoms. The van der Waals surface area contributed by atoms with Gasteiger partial charge in [-0.15, -0.1) is 0 Å². The molecule has 0 aliphatic rings. The molecule has 0 bridgehead atoms. The van der Waals surface area contributed by atoms with Crippen molar-refractivity contribution >= 4 is 16.0 Å². The van der Waals surface area contributed by atoms with Crippen molar-refractivity contribution in [1.82, 2.24) is 4.72 Å². The fourth-order valence-corrected chi connectivity index (χ4v) is 1.94. The molecule has 96 valence electrons. The van der Waals surface area contributed by atoms with Crippen LogP contribution in [0.25, 0.3) is 0 Å².